The molecule has 10 nitrogen and oxygen atoms in total. The molecule has 0 spiro atoms. The van der Waals surface area contributed by atoms with E-state index in [1.165, 1.54) is 10.7 Å². The largest absolute Gasteiger partial charge is 0.381 e. The van der Waals surface area contributed by atoms with Gasteiger partial charge in [-0.05, 0) is 43.7 Å². The molecule has 6 rings (SSSR count). The van der Waals surface area contributed by atoms with Crippen molar-refractivity contribution >= 4 is 40.4 Å². The maximum atomic E-state index is 9.69. The molecule has 178 valence electrons. The van der Waals surface area contributed by atoms with Crippen molar-refractivity contribution in [1.82, 2.24) is 19.6 Å². The molecule has 2 N–H and O–H groups in total. The van der Waals surface area contributed by atoms with Gasteiger partial charge in [0.25, 0.3) is 0 Å². The molecule has 0 amide bonds. The second-order valence-electron chi connectivity index (χ2n) is 9.41. The first kappa shape index (κ1) is 21.9. The monoisotopic (exact) mass is 489 g/mol. The molecule has 2 saturated heterocycles. The number of aromatic nitrogens is 4. The molecule has 0 atom stereocenters. The Bertz CT molecular complexity index is 1360. The number of anilines is 4. The van der Waals surface area contributed by atoms with Gasteiger partial charge in [-0.3, -0.25) is 0 Å². The van der Waals surface area contributed by atoms with Crippen LogP contribution in [0, 0.1) is 34.5 Å². The van der Waals surface area contributed by atoms with Gasteiger partial charge in [0.1, 0.15) is 6.07 Å². The van der Waals surface area contributed by atoms with Crippen LogP contribution in [0.2, 0.25) is 5.02 Å². The van der Waals surface area contributed by atoms with E-state index in [0.29, 0.717) is 51.3 Å². The molecule has 4 heterocycles. The molecule has 11 heteroatoms. The second-order valence-corrected chi connectivity index (χ2v) is 9.79. The fourth-order valence-corrected chi connectivity index (χ4v) is 5.06. The molecule has 0 unspecified atom stereocenters. The standard InChI is InChI=1S/C24H24ClN9O/c25-21-19(7-14(9-26)8-20(21)33-5-3-15(4-6-33)16-12-35-13-16)30-24-31-22(29-17-1-2-17)23-28-11-18(10-27)34(23)32-24/h7-8,11,15-17H,1-6,12-13H2,(H2,29,30,31,32). The van der Waals surface area contributed by atoms with E-state index in [-0.39, 0.29) is 5.95 Å². The topological polar surface area (TPSA) is 127 Å². The van der Waals surface area contributed by atoms with E-state index in [4.69, 9.17) is 16.3 Å². The maximum absolute atomic E-state index is 9.69. The number of nitriles is 2. The SMILES string of the molecule is N#Cc1cc(Nc2nc(NC3CC3)c3ncc(C#N)n3n2)c(Cl)c(N2CCC(C3COC3)CC2)c1. The van der Waals surface area contributed by atoms with Gasteiger partial charge in [-0.25, -0.2) is 4.98 Å². The van der Waals surface area contributed by atoms with Crippen molar-refractivity contribution in [3.05, 3.63) is 34.6 Å². The number of benzene rings is 1. The zero-order valence-electron chi connectivity index (χ0n) is 19.0. The Kier molecular flexibility index (Phi) is 5.56. The summed E-state index contributed by atoms with van der Waals surface area (Å²) in [5.74, 6) is 2.17. The van der Waals surface area contributed by atoms with Gasteiger partial charge in [-0.15, -0.1) is 5.10 Å². The summed E-state index contributed by atoms with van der Waals surface area (Å²) in [6.45, 7) is 3.51. The highest BCUT2D eigenvalue weighted by atomic mass is 35.5. The number of nitrogens with one attached hydrogen (secondary N) is 2. The van der Waals surface area contributed by atoms with Crippen molar-refractivity contribution in [1.29, 1.82) is 10.5 Å². The highest BCUT2D eigenvalue weighted by Gasteiger charge is 2.32. The van der Waals surface area contributed by atoms with E-state index >= 15 is 0 Å². The van der Waals surface area contributed by atoms with Gasteiger partial charge in [0.15, 0.2) is 17.2 Å². The number of hydrogen-bond acceptors (Lipinski definition) is 9. The van der Waals surface area contributed by atoms with Crippen molar-refractivity contribution in [3.8, 4) is 12.1 Å². The van der Waals surface area contributed by atoms with Gasteiger partial charge in [-0.2, -0.15) is 20.0 Å². The van der Waals surface area contributed by atoms with Gasteiger partial charge in [-0.1, -0.05) is 11.6 Å². The first-order valence-electron chi connectivity index (χ1n) is 11.9. The van der Waals surface area contributed by atoms with Crippen LogP contribution < -0.4 is 15.5 Å². The molecule has 3 aromatic rings. The lowest BCUT2D eigenvalue weighted by molar-refractivity contribution is -0.0650. The Hall–Kier alpha value is -3.60. The minimum Gasteiger partial charge on any atom is -0.381 e. The predicted octanol–water partition coefficient (Wildman–Crippen LogP) is 3.70. The normalized spacial score (nSPS) is 18.7. The summed E-state index contributed by atoms with van der Waals surface area (Å²) in [4.78, 5) is 11.2. The Morgan fingerprint density at radius 1 is 1.06 bits per heavy atom. The van der Waals surface area contributed by atoms with E-state index in [9.17, 15) is 10.5 Å². The summed E-state index contributed by atoms with van der Waals surface area (Å²) in [6, 6.07) is 8.23. The molecule has 3 aliphatic rings. The molecule has 1 aliphatic carbocycles. The molecule has 2 aromatic heterocycles. The van der Waals surface area contributed by atoms with E-state index < -0.39 is 0 Å². The molecule has 1 aromatic carbocycles. The second kappa shape index (κ2) is 8.88. The average Bonchev–Trinajstić information content (AvgIpc) is 3.56. The maximum Gasteiger partial charge on any atom is 0.247 e. The molecular formula is C24H24ClN9O. The third-order valence-corrected chi connectivity index (χ3v) is 7.43. The fraction of sp³-hybridized carbons (Fsp3) is 0.458. The van der Waals surface area contributed by atoms with Crippen LogP contribution in [0.3, 0.4) is 0 Å². The van der Waals surface area contributed by atoms with E-state index in [1.807, 2.05) is 6.07 Å². The minimum absolute atomic E-state index is 0.266. The number of imidazole rings is 1. The zero-order valence-corrected chi connectivity index (χ0v) is 19.8. The number of fused-ring (bicyclic) bond motifs is 1. The van der Waals surface area contributed by atoms with Gasteiger partial charge in [0.2, 0.25) is 5.95 Å². The Labute approximate surface area is 207 Å². The Morgan fingerprint density at radius 3 is 2.51 bits per heavy atom. The molecular weight excluding hydrogens is 466 g/mol. The number of ether oxygens (including phenoxy) is 1. The number of halogens is 1. The lowest BCUT2D eigenvalue weighted by atomic mass is 9.83. The highest BCUT2D eigenvalue weighted by molar-refractivity contribution is 6.36. The first-order chi connectivity index (χ1) is 17.1. The number of piperidine rings is 1. The van der Waals surface area contributed by atoms with Crippen molar-refractivity contribution in [2.75, 3.05) is 41.8 Å². The molecule has 35 heavy (non-hydrogen) atoms. The molecule has 3 fully saturated rings. The van der Waals surface area contributed by atoms with Crippen molar-refractivity contribution in [3.63, 3.8) is 0 Å². The zero-order chi connectivity index (χ0) is 23.9. The summed E-state index contributed by atoms with van der Waals surface area (Å²) < 4.78 is 6.84. The minimum atomic E-state index is 0.266. The summed E-state index contributed by atoms with van der Waals surface area (Å²) in [7, 11) is 0. The number of nitrogens with zero attached hydrogens (tertiary/aromatic N) is 7. The number of rotatable bonds is 6. The predicted molar refractivity (Wildman–Crippen MR) is 131 cm³/mol. The fourth-order valence-electron chi connectivity index (χ4n) is 4.78. The van der Waals surface area contributed by atoms with Gasteiger partial charge < -0.3 is 20.3 Å². The van der Waals surface area contributed by atoms with Crippen LogP contribution in [0.25, 0.3) is 5.65 Å². The van der Waals surface area contributed by atoms with E-state index in [2.05, 4.69) is 42.7 Å². The molecule has 1 saturated carbocycles. The number of hydrogen-bond donors (Lipinski definition) is 2. The average molecular weight is 490 g/mol. The van der Waals surface area contributed by atoms with Crippen LogP contribution in [-0.4, -0.2) is 51.9 Å². The quantitative estimate of drug-likeness (QED) is 0.532. The Morgan fingerprint density at radius 2 is 1.86 bits per heavy atom. The van der Waals surface area contributed by atoms with Crippen LogP contribution in [0.1, 0.15) is 36.9 Å². The van der Waals surface area contributed by atoms with Gasteiger partial charge in [0, 0.05) is 25.0 Å². The lowest BCUT2D eigenvalue weighted by Gasteiger charge is -2.40. The summed E-state index contributed by atoms with van der Waals surface area (Å²) >= 11 is 6.87. The van der Waals surface area contributed by atoms with Crippen molar-refractivity contribution < 1.29 is 4.74 Å². The van der Waals surface area contributed by atoms with Gasteiger partial charge >= 0.3 is 0 Å². The molecule has 2 aliphatic heterocycles. The summed E-state index contributed by atoms with van der Waals surface area (Å²) in [5.41, 5.74) is 2.68. The van der Waals surface area contributed by atoms with Crippen LogP contribution in [-0.2, 0) is 4.74 Å². The Balaban J connectivity index is 1.31. The van der Waals surface area contributed by atoms with E-state index in [0.717, 1.165) is 57.7 Å². The lowest BCUT2D eigenvalue weighted by Crippen LogP contribution is -2.42. The third-order valence-electron chi connectivity index (χ3n) is 7.03. The first-order valence-corrected chi connectivity index (χ1v) is 12.3. The van der Waals surface area contributed by atoms with Crippen molar-refractivity contribution in [2.24, 2.45) is 11.8 Å². The van der Waals surface area contributed by atoms with Crippen LogP contribution in [0.5, 0.6) is 0 Å². The smallest absolute Gasteiger partial charge is 0.247 e. The van der Waals surface area contributed by atoms with Crippen LogP contribution >= 0.6 is 11.6 Å². The van der Waals surface area contributed by atoms with Gasteiger partial charge in [0.05, 0.1) is 47.4 Å². The molecule has 0 bridgehead atoms. The van der Waals surface area contributed by atoms with E-state index in [1.54, 1.807) is 6.07 Å². The summed E-state index contributed by atoms with van der Waals surface area (Å²) in [5, 5.41) is 30.7. The molecule has 0 radical (unpaired) electrons. The van der Waals surface area contributed by atoms with Crippen molar-refractivity contribution in [2.45, 2.75) is 31.7 Å². The van der Waals surface area contributed by atoms with Crippen LogP contribution in [0.4, 0.5) is 23.1 Å². The third kappa shape index (κ3) is 4.20. The van der Waals surface area contributed by atoms with Crippen LogP contribution in [0.15, 0.2) is 18.3 Å². The summed E-state index contributed by atoms with van der Waals surface area (Å²) in [6.07, 6.45) is 5.77. The highest BCUT2D eigenvalue weighted by Crippen LogP contribution is 2.39.